The molecule has 0 unspecified atom stereocenters. The van der Waals surface area contributed by atoms with Crippen molar-refractivity contribution in [1.29, 1.82) is 0 Å². The van der Waals surface area contributed by atoms with Crippen LogP contribution in [0.15, 0.2) is 52.0 Å². The van der Waals surface area contributed by atoms with Crippen LogP contribution in [0.25, 0.3) is 10.9 Å². The first kappa shape index (κ1) is 17.2. The zero-order chi connectivity index (χ0) is 17.3. The molecule has 1 aromatic heterocycles. The predicted octanol–water partition coefficient (Wildman–Crippen LogP) is 5.90. The van der Waals surface area contributed by atoms with E-state index in [0.29, 0.717) is 5.75 Å². The van der Waals surface area contributed by atoms with Gasteiger partial charge in [0.25, 0.3) is 0 Å². The van der Waals surface area contributed by atoms with E-state index in [0.717, 1.165) is 20.6 Å². The summed E-state index contributed by atoms with van der Waals surface area (Å²) in [5, 5.41) is 2.09. The lowest BCUT2D eigenvalue weighted by Crippen LogP contribution is -2.02. The highest BCUT2D eigenvalue weighted by Gasteiger charge is 2.10. The van der Waals surface area contributed by atoms with Gasteiger partial charge >= 0.3 is 0 Å². The zero-order valence-corrected chi connectivity index (χ0v) is 16.3. The third kappa shape index (κ3) is 3.70. The van der Waals surface area contributed by atoms with Gasteiger partial charge in [-0.2, -0.15) is 0 Å². The third-order valence-electron chi connectivity index (χ3n) is 3.95. The summed E-state index contributed by atoms with van der Waals surface area (Å²) in [5.74, 6) is 0.512. The highest BCUT2D eigenvalue weighted by atomic mass is 79.9. The summed E-state index contributed by atoms with van der Waals surface area (Å²) in [6.45, 7) is 6.29. The molecule has 2 nitrogen and oxygen atoms in total. The second-order valence-electron chi connectivity index (χ2n) is 5.97. The Morgan fingerprint density at radius 3 is 2.46 bits per heavy atom. The second-order valence-corrected chi connectivity index (χ2v) is 7.89. The molecule has 1 heterocycles. The molecule has 4 heteroatoms. The summed E-state index contributed by atoms with van der Waals surface area (Å²) in [6, 6.07) is 13.9. The van der Waals surface area contributed by atoms with Crippen molar-refractivity contribution < 1.29 is 4.79 Å². The number of Topliss-reactive ketones (excluding diaryl/α,β-unsaturated/α-hetero) is 1. The van der Waals surface area contributed by atoms with Gasteiger partial charge < -0.3 is 0 Å². The Morgan fingerprint density at radius 1 is 1.04 bits per heavy atom. The lowest BCUT2D eigenvalue weighted by Gasteiger charge is -2.09. The Balaban J connectivity index is 1.83. The number of carbonyl (C=O) groups is 1. The van der Waals surface area contributed by atoms with Crippen molar-refractivity contribution in [3.05, 3.63) is 69.2 Å². The number of nitrogens with zero attached hydrogens (tertiary/aromatic N) is 1. The molecule has 0 N–H and O–H groups in total. The van der Waals surface area contributed by atoms with Gasteiger partial charge in [-0.3, -0.25) is 4.79 Å². The van der Waals surface area contributed by atoms with Gasteiger partial charge in [-0.25, -0.2) is 4.98 Å². The second kappa shape index (κ2) is 7.08. The van der Waals surface area contributed by atoms with Crippen LogP contribution in [0.3, 0.4) is 0 Å². The fourth-order valence-electron chi connectivity index (χ4n) is 2.75. The predicted molar refractivity (Wildman–Crippen MR) is 105 cm³/mol. The van der Waals surface area contributed by atoms with Gasteiger partial charge in [0.05, 0.1) is 16.3 Å². The summed E-state index contributed by atoms with van der Waals surface area (Å²) in [6.07, 6.45) is 0. The van der Waals surface area contributed by atoms with Crippen LogP contribution in [0.1, 0.15) is 27.0 Å². The van der Waals surface area contributed by atoms with Crippen molar-refractivity contribution in [2.24, 2.45) is 0 Å². The van der Waals surface area contributed by atoms with Crippen molar-refractivity contribution in [1.82, 2.24) is 4.98 Å². The molecular weight excluding hydrogens is 382 g/mol. The summed E-state index contributed by atoms with van der Waals surface area (Å²) in [7, 11) is 0. The minimum atomic E-state index is 0.118. The number of aryl methyl sites for hydroxylation is 3. The molecule has 0 fully saturated rings. The minimum absolute atomic E-state index is 0.118. The monoisotopic (exact) mass is 399 g/mol. The number of benzene rings is 2. The number of hydrogen-bond acceptors (Lipinski definition) is 3. The standard InChI is InChI=1S/C20H18BrNOS/c1-12-8-14(3)20-17(9-12)13(2)10-19(22-20)24-11-18(23)15-4-6-16(21)7-5-15/h4-10H,11H2,1-3H3. The average Bonchev–Trinajstić information content (AvgIpc) is 2.54. The van der Waals surface area contributed by atoms with Gasteiger partial charge in [0.1, 0.15) is 0 Å². The molecule has 2 aromatic carbocycles. The molecule has 0 radical (unpaired) electrons. The number of aromatic nitrogens is 1. The summed E-state index contributed by atoms with van der Waals surface area (Å²) < 4.78 is 0.976. The lowest BCUT2D eigenvalue weighted by molar-refractivity contribution is 0.102. The molecule has 0 saturated carbocycles. The van der Waals surface area contributed by atoms with Crippen LogP contribution in [0.2, 0.25) is 0 Å². The molecule has 0 aliphatic carbocycles. The molecule has 3 rings (SSSR count). The minimum Gasteiger partial charge on any atom is -0.293 e. The van der Waals surface area contributed by atoms with Crippen LogP contribution in [-0.2, 0) is 0 Å². The maximum atomic E-state index is 12.3. The SMILES string of the molecule is Cc1cc(C)c2nc(SCC(=O)c3ccc(Br)cc3)cc(C)c2c1. The average molecular weight is 400 g/mol. The highest BCUT2D eigenvalue weighted by molar-refractivity contribution is 9.10. The maximum absolute atomic E-state index is 12.3. The number of ketones is 1. The molecule has 0 atom stereocenters. The van der Waals surface area contributed by atoms with Crippen LogP contribution < -0.4 is 0 Å². The van der Waals surface area contributed by atoms with E-state index in [2.05, 4.69) is 54.9 Å². The van der Waals surface area contributed by atoms with Crippen LogP contribution >= 0.6 is 27.7 Å². The van der Waals surface area contributed by atoms with Crippen molar-refractivity contribution >= 4 is 44.4 Å². The van der Waals surface area contributed by atoms with Crippen molar-refractivity contribution in [3.63, 3.8) is 0 Å². The first-order valence-corrected chi connectivity index (χ1v) is 9.52. The van der Waals surface area contributed by atoms with E-state index in [4.69, 9.17) is 4.98 Å². The van der Waals surface area contributed by atoms with Gasteiger partial charge in [-0.1, -0.05) is 51.5 Å². The van der Waals surface area contributed by atoms with Gasteiger partial charge in [0.15, 0.2) is 5.78 Å². The van der Waals surface area contributed by atoms with Crippen molar-refractivity contribution in [2.45, 2.75) is 25.8 Å². The van der Waals surface area contributed by atoms with Crippen LogP contribution in [-0.4, -0.2) is 16.5 Å². The summed E-state index contributed by atoms with van der Waals surface area (Å²) >= 11 is 4.88. The fourth-order valence-corrected chi connectivity index (χ4v) is 3.87. The number of carbonyl (C=O) groups excluding carboxylic acids is 1. The van der Waals surface area contributed by atoms with Crippen LogP contribution in [0.4, 0.5) is 0 Å². The molecule has 122 valence electrons. The largest absolute Gasteiger partial charge is 0.293 e. The van der Waals surface area contributed by atoms with Crippen molar-refractivity contribution in [2.75, 3.05) is 5.75 Å². The Kier molecular flexibility index (Phi) is 5.07. The topological polar surface area (TPSA) is 30.0 Å². The first-order valence-electron chi connectivity index (χ1n) is 7.74. The molecule has 0 spiro atoms. The molecule has 0 amide bonds. The number of pyridine rings is 1. The fraction of sp³-hybridized carbons (Fsp3) is 0.200. The smallest absolute Gasteiger partial charge is 0.173 e. The molecule has 3 aromatic rings. The molecule has 0 bridgehead atoms. The number of thioether (sulfide) groups is 1. The van der Waals surface area contributed by atoms with E-state index in [9.17, 15) is 4.79 Å². The Labute approximate surface area is 154 Å². The highest BCUT2D eigenvalue weighted by Crippen LogP contribution is 2.27. The Morgan fingerprint density at radius 2 is 1.75 bits per heavy atom. The maximum Gasteiger partial charge on any atom is 0.173 e. The lowest BCUT2D eigenvalue weighted by atomic mass is 10.0. The summed E-state index contributed by atoms with van der Waals surface area (Å²) in [4.78, 5) is 17.1. The molecule has 0 saturated heterocycles. The van der Waals surface area contributed by atoms with Gasteiger partial charge in [0, 0.05) is 15.4 Å². The molecule has 0 aliphatic rings. The summed E-state index contributed by atoms with van der Waals surface area (Å²) in [5.41, 5.74) is 5.38. The van der Waals surface area contributed by atoms with Crippen LogP contribution in [0, 0.1) is 20.8 Å². The Hall–Kier alpha value is -1.65. The molecule has 24 heavy (non-hydrogen) atoms. The van der Waals surface area contributed by atoms with Crippen LogP contribution in [0.5, 0.6) is 0 Å². The van der Waals surface area contributed by atoms with E-state index in [1.807, 2.05) is 24.3 Å². The number of fused-ring (bicyclic) bond motifs is 1. The van der Waals surface area contributed by atoms with E-state index in [1.54, 1.807) is 0 Å². The number of rotatable bonds is 4. The quantitative estimate of drug-likeness (QED) is 0.404. The van der Waals surface area contributed by atoms with E-state index in [-0.39, 0.29) is 5.78 Å². The molecule has 0 aliphatic heterocycles. The van der Waals surface area contributed by atoms with Gasteiger partial charge in [-0.15, -0.1) is 0 Å². The third-order valence-corrected chi connectivity index (χ3v) is 5.39. The van der Waals surface area contributed by atoms with Crippen molar-refractivity contribution in [3.8, 4) is 0 Å². The molecular formula is C20H18BrNOS. The normalized spacial score (nSPS) is 11.0. The van der Waals surface area contributed by atoms with E-state index < -0.39 is 0 Å². The zero-order valence-electron chi connectivity index (χ0n) is 13.9. The van der Waals surface area contributed by atoms with Gasteiger partial charge in [-0.05, 0) is 56.2 Å². The Bertz CT molecular complexity index is 919. The first-order chi connectivity index (χ1) is 11.4. The number of hydrogen-bond donors (Lipinski definition) is 0. The van der Waals surface area contributed by atoms with Gasteiger partial charge in [0.2, 0.25) is 0 Å². The van der Waals surface area contributed by atoms with E-state index in [1.165, 1.54) is 33.8 Å². The number of halogens is 1. The van der Waals surface area contributed by atoms with E-state index >= 15 is 0 Å².